The number of rotatable bonds is 7. The van der Waals surface area contributed by atoms with Gasteiger partial charge in [0.05, 0.1) is 16.0 Å². The van der Waals surface area contributed by atoms with Crippen molar-refractivity contribution in [1.29, 1.82) is 0 Å². The quantitative estimate of drug-likeness (QED) is 0.414. The average Bonchev–Trinajstić information content (AvgIpc) is 2.45. The second-order valence-electron chi connectivity index (χ2n) is 4.12. The van der Waals surface area contributed by atoms with Gasteiger partial charge in [-0.25, -0.2) is 4.39 Å². The van der Waals surface area contributed by atoms with Gasteiger partial charge >= 0.3 is 0 Å². The van der Waals surface area contributed by atoms with E-state index < -0.39 is 16.8 Å². The fraction of sp³-hybridized carbons (Fsp3) is 0.200. The highest BCUT2D eigenvalue weighted by atomic mass is 35.5. The summed E-state index contributed by atoms with van der Waals surface area (Å²) < 4.78 is 19.0. The molecule has 0 saturated carbocycles. The van der Waals surface area contributed by atoms with Gasteiger partial charge < -0.3 is 4.74 Å². The van der Waals surface area contributed by atoms with Gasteiger partial charge in [-0.1, -0.05) is 42.5 Å². The van der Waals surface area contributed by atoms with Gasteiger partial charge in [-0.15, -0.1) is 0 Å². The first-order valence-electron chi connectivity index (χ1n) is 6.19. The van der Waals surface area contributed by atoms with E-state index in [2.05, 4.69) is 6.58 Å². The summed E-state index contributed by atoms with van der Waals surface area (Å²) in [5.74, 6) is -0.881. The van der Waals surface area contributed by atoms with E-state index in [1.54, 1.807) is 25.2 Å². The van der Waals surface area contributed by atoms with Crippen LogP contribution in [0.1, 0.15) is 13.3 Å². The Bertz CT molecular complexity index is 584. The molecule has 1 atom stereocenters. The second kappa shape index (κ2) is 8.21. The first kappa shape index (κ1) is 16.9. The molecule has 0 N–H and O–H groups in total. The van der Waals surface area contributed by atoms with Crippen molar-refractivity contribution in [2.75, 3.05) is 0 Å². The average molecular weight is 312 g/mol. The van der Waals surface area contributed by atoms with Crippen LogP contribution in [-0.4, -0.2) is 11.0 Å². The highest BCUT2D eigenvalue weighted by Gasteiger charge is 2.15. The van der Waals surface area contributed by atoms with E-state index in [9.17, 15) is 14.5 Å². The van der Waals surface area contributed by atoms with E-state index >= 15 is 0 Å². The standard InChI is InChI=1S/C15H15ClFNO3/c1-3-4-5-6-7-13(16)11(2)21-15-9-8-12(18(19)20)10-14(15)17/h3-5,7-11H,1,6H2,2H3/b5-4-,13-7+. The zero-order valence-electron chi connectivity index (χ0n) is 11.5. The molecular weight excluding hydrogens is 297 g/mol. The summed E-state index contributed by atoms with van der Waals surface area (Å²) in [5.41, 5.74) is -0.330. The first-order chi connectivity index (χ1) is 9.95. The van der Waals surface area contributed by atoms with E-state index in [0.717, 1.165) is 6.07 Å². The third-order valence-corrected chi connectivity index (χ3v) is 3.00. The van der Waals surface area contributed by atoms with Crippen molar-refractivity contribution in [3.63, 3.8) is 0 Å². The molecule has 112 valence electrons. The highest BCUT2D eigenvalue weighted by molar-refractivity contribution is 6.30. The summed E-state index contributed by atoms with van der Waals surface area (Å²) >= 11 is 6.04. The van der Waals surface area contributed by atoms with Gasteiger partial charge in [0, 0.05) is 6.07 Å². The molecule has 1 aromatic rings. The summed E-state index contributed by atoms with van der Waals surface area (Å²) in [7, 11) is 0. The van der Waals surface area contributed by atoms with Gasteiger partial charge in [-0.05, 0) is 19.4 Å². The summed E-state index contributed by atoms with van der Waals surface area (Å²) in [6.45, 7) is 5.21. The molecule has 1 unspecified atom stereocenters. The van der Waals surface area contributed by atoms with Crippen molar-refractivity contribution in [2.45, 2.75) is 19.4 Å². The minimum Gasteiger partial charge on any atom is -0.482 e. The Balaban J connectivity index is 2.74. The third-order valence-electron chi connectivity index (χ3n) is 2.54. The lowest BCUT2D eigenvalue weighted by Crippen LogP contribution is -2.13. The second-order valence-corrected chi connectivity index (χ2v) is 4.56. The van der Waals surface area contributed by atoms with Gasteiger partial charge in [0.1, 0.15) is 6.10 Å². The molecule has 0 radical (unpaired) electrons. The van der Waals surface area contributed by atoms with E-state index in [-0.39, 0.29) is 11.4 Å². The molecule has 0 aromatic heterocycles. The molecule has 1 rings (SSSR count). The number of hydrogen-bond donors (Lipinski definition) is 0. The number of non-ortho nitro benzene ring substituents is 1. The largest absolute Gasteiger partial charge is 0.482 e. The highest BCUT2D eigenvalue weighted by Crippen LogP contribution is 2.25. The number of nitro benzene ring substituents is 1. The molecule has 0 amide bonds. The van der Waals surface area contributed by atoms with E-state index in [1.807, 2.05) is 6.08 Å². The Labute approximate surface area is 127 Å². The Kier molecular flexibility index (Phi) is 6.62. The predicted molar refractivity (Wildman–Crippen MR) is 81.0 cm³/mol. The van der Waals surface area contributed by atoms with Crippen LogP contribution in [0.2, 0.25) is 0 Å². The molecule has 21 heavy (non-hydrogen) atoms. The monoisotopic (exact) mass is 311 g/mol. The number of ether oxygens (including phenoxy) is 1. The lowest BCUT2D eigenvalue weighted by molar-refractivity contribution is -0.385. The SMILES string of the molecule is C=C/C=C\C/C=C(/Cl)C(C)Oc1ccc([N+](=O)[O-])cc1F. The predicted octanol–water partition coefficient (Wildman–Crippen LogP) is 4.76. The molecular formula is C15H15ClFNO3. The molecule has 0 bridgehead atoms. The molecule has 0 saturated heterocycles. The lowest BCUT2D eigenvalue weighted by Gasteiger charge is -2.14. The summed E-state index contributed by atoms with van der Waals surface area (Å²) in [5, 5.41) is 10.9. The fourth-order valence-corrected chi connectivity index (χ4v) is 1.60. The summed E-state index contributed by atoms with van der Waals surface area (Å²) in [6, 6.07) is 3.20. The van der Waals surface area contributed by atoms with Crippen molar-refractivity contribution in [3.05, 3.63) is 70.0 Å². The zero-order chi connectivity index (χ0) is 15.8. The van der Waals surface area contributed by atoms with Gasteiger partial charge in [-0.3, -0.25) is 10.1 Å². The Morgan fingerprint density at radius 2 is 2.33 bits per heavy atom. The molecule has 0 fully saturated rings. The maximum absolute atomic E-state index is 13.7. The van der Waals surface area contributed by atoms with Crippen molar-refractivity contribution >= 4 is 17.3 Å². The van der Waals surface area contributed by atoms with E-state index in [0.29, 0.717) is 11.5 Å². The molecule has 0 spiro atoms. The normalized spacial score (nSPS) is 13.2. The molecule has 4 nitrogen and oxygen atoms in total. The minimum atomic E-state index is -0.799. The Morgan fingerprint density at radius 1 is 1.62 bits per heavy atom. The van der Waals surface area contributed by atoms with Crippen molar-refractivity contribution in [2.24, 2.45) is 0 Å². The van der Waals surface area contributed by atoms with Crippen molar-refractivity contribution < 1.29 is 14.1 Å². The number of halogens is 2. The van der Waals surface area contributed by atoms with Gasteiger partial charge in [0.15, 0.2) is 11.6 Å². The van der Waals surface area contributed by atoms with Crippen LogP contribution in [0.15, 0.2) is 54.1 Å². The number of allylic oxidation sites excluding steroid dienone is 4. The molecule has 0 aliphatic rings. The maximum Gasteiger partial charge on any atom is 0.272 e. The molecule has 0 aliphatic heterocycles. The smallest absolute Gasteiger partial charge is 0.272 e. The Morgan fingerprint density at radius 3 is 2.90 bits per heavy atom. The van der Waals surface area contributed by atoms with Crippen molar-refractivity contribution in [1.82, 2.24) is 0 Å². The van der Waals surface area contributed by atoms with Crippen LogP contribution in [0.3, 0.4) is 0 Å². The van der Waals surface area contributed by atoms with Crippen molar-refractivity contribution in [3.8, 4) is 5.75 Å². The molecule has 0 aliphatic carbocycles. The third kappa shape index (κ3) is 5.39. The van der Waals surface area contributed by atoms with Crippen LogP contribution in [0.25, 0.3) is 0 Å². The lowest BCUT2D eigenvalue weighted by atomic mass is 10.2. The van der Waals surface area contributed by atoms with E-state index in [1.165, 1.54) is 12.1 Å². The molecule has 1 aromatic carbocycles. The van der Waals surface area contributed by atoms with E-state index in [4.69, 9.17) is 16.3 Å². The van der Waals surface area contributed by atoms with Crippen LogP contribution >= 0.6 is 11.6 Å². The first-order valence-corrected chi connectivity index (χ1v) is 6.57. The van der Waals surface area contributed by atoms with Crippen LogP contribution in [0, 0.1) is 15.9 Å². The van der Waals surface area contributed by atoms with Crippen LogP contribution in [0.4, 0.5) is 10.1 Å². The topological polar surface area (TPSA) is 52.4 Å². The number of hydrogen-bond acceptors (Lipinski definition) is 3. The number of benzene rings is 1. The van der Waals surface area contributed by atoms with Crippen LogP contribution in [0.5, 0.6) is 5.75 Å². The zero-order valence-corrected chi connectivity index (χ0v) is 12.2. The fourth-order valence-electron chi connectivity index (χ4n) is 1.47. The molecule has 0 heterocycles. The number of nitro groups is 1. The van der Waals surface area contributed by atoms with Gasteiger partial charge in [0.2, 0.25) is 0 Å². The Hall–Kier alpha value is -2.14. The van der Waals surface area contributed by atoms with Gasteiger partial charge in [-0.2, -0.15) is 0 Å². The summed E-state index contributed by atoms with van der Waals surface area (Å²) in [4.78, 5) is 9.85. The summed E-state index contributed by atoms with van der Waals surface area (Å²) in [6.07, 6.45) is 7.06. The molecule has 6 heteroatoms. The minimum absolute atomic E-state index is 0.0821. The maximum atomic E-state index is 13.7. The van der Waals surface area contributed by atoms with Crippen LogP contribution < -0.4 is 4.74 Å². The van der Waals surface area contributed by atoms with Gasteiger partial charge in [0.25, 0.3) is 5.69 Å². The van der Waals surface area contributed by atoms with Crippen LogP contribution in [-0.2, 0) is 0 Å². The number of nitrogens with zero attached hydrogens (tertiary/aromatic N) is 1.